The number of nitrogens with one attached hydrogen (secondary N) is 1. The molecule has 0 amide bonds. The molecule has 2 aromatic rings. The maximum absolute atomic E-state index is 5.25. The fourth-order valence-corrected chi connectivity index (χ4v) is 2.74. The van der Waals surface area contributed by atoms with Crippen molar-refractivity contribution in [2.24, 2.45) is 12.9 Å². The van der Waals surface area contributed by atoms with E-state index in [9.17, 15) is 0 Å². The molecule has 5 nitrogen and oxygen atoms in total. The molecule has 2 rings (SSSR count). The van der Waals surface area contributed by atoms with Gasteiger partial charge in [-0.05, 0) is 0 Å². The first kappa shape index (κ1) is 10.5. The van der Waals surface area contributed by atoms with Crippen molar-refractivity contribution in [3.63, 3.8) is 0 Å². The quantitative estimate of drug-likeness (QED) is 0.482. The van der Waals surface area contributed by atoms with Gasteiger partial charge in [0.2, 0.25) is 0 Å². The molecule has 7 heteroatoms. The number of hydrogen-bond donors (Lipinski definition) is 2. The average molecular weight is 241 g/mol. The normalized spacial score (nSPS) is 10.5. The molecule has 15 heavy (non-hydrogen) atoms. The van der Waals surface area contributed by atoms with Crippen LogP contribution in [0.3, 0.4) is 0 Å². The number of hydrazine groups is 1. The van der Waals surface area contributed by atoms with E-state index in [0.29, 0.717) is 0 Å². The van der Waals surface area contributed by atoms with Gasteiger partial charge in [0.15, 0.2) is 10.3 Å². The van der Waals surface area contributed by atoms with E-state index >= 15 is 0 Å². The van der Waals surface area contributed by atoms with Crippen molar-refractivity contribution < 1.29 is 0 Å². The van der Waals surface area contributed by atoms with Gasteiger partial charge in [0.1, 0.15) is 0 Å². The van der Waals surface area contributed by atoms with Crippen LogP contribution in [0.5, 0.6) is 0 Å². The number of rotatable bonds is 4. The van der Waals surface area contributed by atoms with Crippen LogP contribution in [0.4, 0.5) is 5.13 Å². The highest BCUT2D eigenvalue weighted by Crippen LogP contribution is 2.25. The van der Waals surface area contributed by atoms with E-state index in [4.69, 9.17) is 5.84 Å². The number of nitrogens with zero attached hydrogens (tertiary/aromatic N) is 3. The van der Waals surface area contributed by atoms with Gasteiger partial charge in [0.05, 0.1) is 0 Å². The number of anilines is 1. The lowest BCUT2D eigenvalue weighted by atomic mass is 10.6. The monoisotopic (exact) mass is 241 g/mol. The Morgan fingerprint density at radius 3 is 3.07 bits per heavy atom. The SMILES string of the molecule is Cn1ccnc1SCc1cnc(NN)s1. The lowest BCUT2D eigenvalue weighted by Crippen LogP contribution is -2.05. The first-order valence-corrected chi connectivity index (χ1v) is 6.11. The minimum Gasteiger partial charge on any atom is -0.329 e. The molecule has 2 aromatic heterocycles. The highest BCUT2D eigenvalue weighted by Gasteiger charge is 2.04. The highest BCUT2D eigenvalue weighted by molar-refractivity contribution is 7.98. The minimum absolute atomic E-state index is 0.741. The van der Waals surface area contributed by atoms with Gasteiger partial charge in [-0.15, -0.1) is 11.3 Å². The summed E-state index contributed by atoms with van der Waals surface area (Å²) in [7, 11) is 1.98. The molecular weight excluding hydrogens is 230 g/mol. The summed E-state index contributed by atoms with van der Waals surface area (Å²) in [5, 5.41) is 1.75. The summed E-state index contributed by atoms with van der Waals surface area (Å²) < 4.78 is 1.99. The van der Waals surface area contributed by atoms with Gasteiger partial charge in [-0.1, -0.05) is 11.8 Å². The Hall–Kier alpha value is -1.05. The molecule has 0 aliphatic carbocycles. The predicted molar refractivity (Wildman–Crippen MR) is 62.7 cm³/mol. The van der Waals surface area contributed by atoms with E-state index < -0.39 is 0 Å². The highest BCUT2D eigenvalue weighted by atomic mass is 32.2. The van der Waals surface area contributed by atoms with Crippen LogP contribution < -0.4 is 11.3 Å². The largest absolute Gasteiger partial charge is 0.329 e. The van der Waals surface area contributed by atoms with E-state index in [-0.39, 0.29) is 0 Å². The fourth-order valence-electron chi connectivity index (χ4n) is 1.07. The maximum Gasteiger partial charge on any atom is 0.197 e. The summed E-state index contributed by atoms with van der Waals surface area (Å²) in [6.45, 7) is 0. The molecule has 0 fully saturated rings. The van der Waals surface area contributed by atoms with Crippen LogP contribution in [0.15, 0.2) is 23.7 Å². The minimum atomic E-state index is 0.741. The molecular formula is C8H11N5S2. The number of thiazole rings is 1. The van der Waals surface area contributed by atoms with E-state index in [2.05, 4.69) is 15.4 Å². The van der Waals surface area contributed by atoms with Crippen molar-refractivity contribution in [2.75, 3.05) is 5.43 Å². The number of aromatic nitrogens is 3. The molecule has 0 bridgehead atoms. The number of imidazole rings is 1. The third-order valence-electron chi connectivity index (χ3n) is 1.80. The second-order valence-electron chi connectivity index (χ2n) is 2.89. The number of hydrogen-bond acceptors (Lipinski definition) is 6. The second-order valence-corrected chi connectivity index (χ2v) is 4.94. The van der Waals surface area contributed by atoms with Crippen molar-refractivity contribution in [3.8, 4) is 0 Å². The van der Waals surface area contributed by atoms with Crippen molar-refractivity contribution in [1.82, 2.24) is 14.5 Å². The smallest absolute Gasteiger partial charge is 0.197 e. The molecule has 0 aliphatic heterocycles. The fraction of sp³-hybridized carbons (Fsp3) is 0.250. The van der Waals surface area contributed by atoms with Crippen LogP contribution in [-0.4, -0.2) is 14.5 Å². The van der Waals surface area contributed by atoms with Gasteiger partial charge in [0.25, 0.3) is 0 Å². The molecule has 0 radical (unpaired) electrons. The van der Waals surface area contributed by atoms with Gasteiger partial charge >= 0.3 is 0 Å². The molecule has 0 saturated carbocycles. The molecule has 0 saturated heterocycles. The average Bonchev–Trinajstić information content (AvgIpc) is 2.84. The van der Waals surface area contributed by atoms with Gasteiger partial charge in [-0.25, -0.2) is 15.8 Å². The zero-order valence-corrected chi connectivity index (χ0v) is 9.81. The van der Waals surface area contributed by atoms with Crippen LogP contribution in [-0.2, 0) is 12.8 Å². The Kier molecular flexibility index (Phi) is 3.24. The summed E-state index contributed by atoms with van der Waals surface area (Å²) >= 11 is 3.24. The van der Waals surface area contributed by atoms with Crippen LogP contribution in [0.1, 0.15) is 4.88 Å². The Bertz CT molecular complexity index is 436. The van der Waals surface area contributed by atoms with E-state index in [1.165, 1.54) is 4.88 Å². The van der Waals surface area contributed by atoms with Gasteiger partial charge in [0, 0.05) is 36.3 Å². The third kappa shape index (κ3) is 2.49. The summed E-state index contributed by atoms with van der Waals surface area (Å²) in [4.78, 5) is 9.50. The summed E-state index contributed by atoms with van der Waals surface area (Å²) in [6.07, 6.45) is 5.56. The molecule has 0 atom stereocenters. The number of aryl methyl sites for hydroxylation is 1. The van der Waals surface area contributed by atoms with E-state index in [1.807, 2.05) is 24.0 Å². The molecule has 3 N–H and O–H groups in total. The third-order valence-corrected chi connectivity index (χ3v) is 4.02. The van der Waals surface area contributed by atoms with Crippen molar-refractivity contribution >= 4 is 28.2 Å². The maximum atomic E-state index is 5.25. The standard InChI is InChI=1S/C8H11N5S2/c1-13-3-2-10-8(13)14-5-6-4-11-7(12-9)15-6/h2-4H,5,9H2,1H3,(H,11,12). The zero-order chi connectivity index (χ0) is 10.7. The van der Waals surface area contributed by atoms with Crippen molar-refractivity contribution in [1.29, 1.82) is 0 Å². The number of nitrogens with two attached hydrogens (primary N) is 1. The Morgan fingerprint density at radius 1 is 1.60 bits per heavy atom. The van der Waals surface area contributed by atoms with E-state index in [0.717, 1.165) is 16.0 Å². The molecule has 0 unspecified atom stereocenters. The molecule has 0 aromatic carbocycles. The molecule has 80 valence electrons. The summed E-state index contributed by atoms with van der Waals surface area (Å²) in [5.41, 5.74) is 2.53. The van der Waals surface area contributed by atoms with Crippen LogP contribution in [0, 0.1) is 0 Å². The topological polar surface area (TPSA) is 68.8 Å². The van der Waals surface area contributed by atoms with Crippen LogP contribution in [0.2, 0.25) is 0 Å². The van der Waals surface area contributed by atoms with Gasteiger partial charge in [-0.3, -0.25) is 5.43 Å². The van der Waals surface area contributed by atoms with E-state index in [1.54, 1.807) is 29.3 Å². The first-order chi connectivity index (χ1) is 7.29. The summed E-state index contributed by atoms with van der Waals surface area (Å²) in [5.74, 6) is 6.12. The Labute approximate surface area is 95.7 Å². The molecule has 2 heterocycles. The molecule has 0 spiro atoms. The second kappa shape index (κ2) is 4.65. The number of nitrogen functional groups attached to an aromatic ring is 1. The zero-order valence-electron chi connectivity index (χ0n) is 8.17. The first-order valence-electron chi connectivity index (χ1n) is 4.31. The predicted octanol–water partition coefficient (Wildman–Crippen LogP) is 1.45. The summed E-state index contributed by atoms with van der Waals surface area (Å²) in [6, 6.07) is 0. The lowest BCUT2D eigenvalue weighted by Gasteiger charge is -1.98. The van der Waals surface area contributed by atoms with Gasteiger partial charge < -0.3 is 4.57 Å². The number of thioether (sulfide) groups is 1. The van der Waals surface area contributed by atoms with Crippen LogP contribution >= 0.6 is 23.1 Å². The Morgan fingerprint density at radius 2 is 2.47 bits per heavy atom. The van der Waals surface area contributed by atoms with Gasteiger partial charge in [-0.2, -0.15) is 0 Å². The van der Waals surface area contributed by atoms with Crippen LogP contribution in [0.25, 0.3) is 0 Å². The molecule has 0 aliphatic rings. The van der Waals surface area contributed by atoms with Crippen molar-refractivity contribution in [2.45, 2.75) is 10.9 Å². The van der Waals surface area contributed by atoms with Crippen molar-refractivity contribution in [3.05, 3.63) is 23.5 Å². The Balaban J connectivity index is 1.96. The lowest BCUT2D eigenvalue weighted by molar-refractivity contribution is 0.790.